The molecule has 0 amide bonds. The first-order valence-electron chi connectivity index (χ1n) is 3.32. The first-order chi connectivity index (χ1) is 6.81. The molecule has 0 atom stereocenters. The van der Waals surface area contributed by atoms with Gasteiger partial charge in [-0.1, -0.05) is 19.7 Å². The Kier molecular flexibility index (Phi) is 44.0. The van der Waals surface area contributed by atoms with Crippen LogP contribution in [0.1, 0.15) is 0 Å². The number of carboxylic acids is 3. The third kappa shape index (κ3) is 89.5. The van der Waals surface area contributed by atoms with Gasteiger partial charge < -0.3 is 29.7 Å². The smallest absolute Gasteiger partial charge is 0.545 e. The van der Waals surface area contributed by atoms with Gasteiger partial charge in [-0.3, -0.25) is 0 Å². The van der Waals surface area contributed by atoms with Gasteiger partial charge in [0.1, 0.15) is 0 Å². The molecule has 0 aromatic rings. The van der Waals surface area contributed by atoms with Gasteiger partial charge in [0.15, 0.2) is 0 Å². The molecule has 0 saturated carbocycles. The average molecular weight is 279 g/mol. The van der Waals surface area contributed by atoms with Crippen LogP contribution in [-0.2, 0) is 14.4 Å². The van der Waals surface area contributed by atoms with Gasteiger partial charge in [0.2, 0.25) is 0 Å². The standard InChI is InChI=1S/3C3H4O2.Al.K/c3*1-2-3(4)5;;/h3*2H,1H2,(H,4,5);;/q;;;+3;+1/p-3. The van der Waals surface area contributed by atoms with Gasteiger partial charge in [0.25, 0.3) is 0 Å². The zero-order valence-corrected chi connectivity index (χ0v) is 13.7. The molecule has 0 fully saturated rings. The molecule has 0 N–H and O–H groups in total. The van der Waals surface area contributed by atoms with E-state index in [1.54, 1.807) is 0 Å². The van der Waals surface area contributed by atoms with Crippen LogP contribution in [-0.4, -0.2) is 35.3 Å². The summed E-state index contributed by atoms with van der Waals surface area (Å²) in [7, 11) is 0. The first kappa shape index (κ1) is 30.1. The third-order valence-corrected chi connectivity index (χ3v) is 0.500. The summed E-state index contributed by atoms with van der Waals surface area (Å²) >= 11 is 0. The van der Waals surface area contributed by atoms with Crippen LogP contribution in [0.3, 0.4) is 0 Å². The van der Waals surface area contributed by atoms with Crippen LogP contribution >= 0.6 is 0 Å². The van der Waals surface area contributed by atoms with Crippen LogP contribution in [0.15, 0.2) is 38.0 Å². The molecule has 17 heavy (non-hydrogen) atoms. The maximum atomic E-state index is 9.14. The molecule has 8 heteroatoms. The number of hydrogen-bond donors (Lipinski definition) is 0. The van der Waals surface area contributed by atoms with E-state index < -0.39 is 17.9 Å². The van der Waals surface area contributed by atoms with E-state index in [0.717, 1.165) is 18.2 Å². The second kappa shape index (κ2) is 24.9. The van der Waals surface area contributed by atoms with E-state index in [2.05, 4.69) is 19.7 Å². The molecule has 0 bridgehead atoms. The predicted molar refractivity (Wildman–Crippen MR) is 51.4 cm³/mol. The molecule has 0 aliphatic carbocycles. The van der Waals surface area contributed by atoms with Crippen molar-refractivity contribution < 1.29 is 81.1 Å². The Morgan fingerprint density at radius 2 is 0.765 bits per heavy atom. The zero-order chi connectivity index (χ0) is 12.9. The number of carbonyl (C=O) groups excluding carboxylic acids is 3. The minimum absolute atomic E-state index is 0. The van der Waals surface area contributed by atoms with Gasteiger partial charge in [-0.15, -0.1) is 0 Å². The molecule has 6 nitrogen and oxygen atoms in total. The molecule has 0 aromatic carbocycles. The summed E-state index contributed by atoms with van der Waals surface area (Å²) in [6.45, 7) is 8.69. The summed E-state index contributed by atoms with van der Waals surface area (Å²) in [5.41, 5.74) is 0. The van der Waals surface area contributed by atoms with Crippen molar-refractivity contribution in [3.63, 3.8) is 0 Å². The topological polar surface area (TPSA) is 120 Å². The number of carboxylic acid groups (broad SMARTS) is 3. The molecule has 0 saturated heterocycles. The molecule has 0 radical (unpaired) electrons. The van der Waals surface area contributed by atoms with Crippen molar-refractivity contribution in [2.45, 2.75) is 0 Å². The molecule has 0 aliphatic rings. The third-order valence-electron chi connectivity index (χ3n) is 0.500. The van der Waals surface area contributed by atoms with Crippen molar-refractivity contribution in [1.29, 1.82) is 0 Å². The predicted octanol–water partition coefficient (Wildman–Crippen LogP) is -6.61. The molecule has 0 spiro atoms. The van der Waals surface area contributed by atoms with Crippen molar-refractivity contribution in [1.82, 2.24) is 0 Å². The molecular weight excluding hydrogens is 270 g/mol. The number of rotatable bonds is 3. The maximum Gasteiger partial charge on any atom is 3.00 e. The van der Waals surface area contributed by atoms with Crippen LogP contribution in [0, 0.1) is 0 Å². The summed E-state index contributed by atoms with van der Waals surface area (Å²) in [5.74, 6) is -3.69. The summed E-state index contributed by atoms with van der Waals surface area (Å²) < 4.78 is 0. The van der Waals surface area contributed by atoms with Crippen LogP contribution in [0.2, 0.25) is 0 Å². The van der Waals surface area contributed by atoms with E-state index in [9.17, 15) is 0 Å². The Hall–Kier alpha value is -0.201. The van der Waals surface area contributed by atoms with Crippen molar-refractivity contribution in [2.75, 3.05) is 0 Å². The van der Waals surface area contributed by atoms with Crippen LogP contribution in [0.4, 0.5) is 0 Å². The fourth-order valence-electron chi connectivity index (χ4n) is 0. The van der Waals surface area contributed by atoms with E-state index in [4.69, 9.17) is 29.7 Å². The molecule has 0 aliphatic heterocycles. The molecule has 84 valence electrons. The van der Waals surface area contributed by atoms with Gasteiger partial charge in [0, 0.05) is 0 Å². The van der Waals surface area contributed by atoms with E-state index in [-0.39, 0.29) is 68.7 Å². The van der Waals surface area contributed by atoms with Gasteiger partial charge >= 0.3 is 68.7 Å². The molecular formula is C9H9AlKO6+. The van der Waals surface area contributed by atoms with Gasteiger partial charge in [0.05, 0.1) is 17.9 Å². The van der Waals surface area contributed by atoms with Crippen LogP contribution in [0.25, 0.3) is 0 Å². The largest absolute Gasteiger partial charge is 3.00 e. The minimum Gasteiger partial charge on any atom is -0.545 e. The molecule has 0 heterocycles. The van der Waals surface area contributed by atoms with Gasteiger partial charge in [-0.25, -0.2) is 0 Å². The Morgan fingerprint density at radius 3 is 0.765 bits per heavy atom. The molecule has 0 rings (SSSR count). The minimum atomic E-state index is -1.23. The van der Waals surface area contributed by atoms with Crippen LogP contribution in [0.5, 0.6) is 0 Å². The van der Waals surface area contributed by atoms with E-state index in [1.807, 2.05) is 0 Å². The van der Waals surface area contributed by atoms with Crippen molar-refractivity contribution in [3.05, 3.63) is 38.0 Å². The summed E-state index contributed by atoms with van der Waals surface area (Å²) in [5, 5.41) is 27.4. The van der Waals surface area contributed by atoms with Crippen molar-refractivity contribution >= 4 is 35.3 Å². The van der Waals surface area contributed by atoms with Crippen LogP contribution < -0.4 is 66.7 Å². The van der Waals surface area contributed by atoms with Gasteiger partial charge in [-0.2, -0.15) is 0 Å². The van der Waals surface area contributed by atoms with E-state index >= 15 is 0 Å². The normalized spacial score (nSPS) is 5.65. The SMILES string of the molecule is C=CC(=O)[O-].C=CC(=O)[O-].C=CC(=O)[O-].[Al+3].[K+]. The maximum absolute atomic E-state index is 9.14. The van der Waals surface area contributed by atoms with E-state index in [0.29, 0.717) is 0 Å². The average Bonchev–Trinajstić information content (AvgIpc) is 2.19. The van der Waals surface area contributed by atoms with Gasteiger partial charge in [-0.05, 0) is 18.2 Å². The quantitative estimate of drug-likeness (QED) is 0.374. The zero-order valence-electron chi connectivity index (χ0n) is 9.38. The summed E-state index contributed by atoms with van der Waals surface area (Å²) in [4.78, 5) is 27.4. The monoisotopic (exact) mass is 279 g/mol. The number of carbonyl (C=O) groups is 3. The van der Waals surface area contributed by atoms with Crippen molar-refractivity contribution in [2.24, 2.45) is 0 Å². The Bertz CT molecular complexity index is 221. The Labute approximate surface area is 152 Å². The summed E-state index contributed by atoms with van der Waals surface area (Å²) in [6, 6.07) is 0. The molecule has 0 unspecified atom stereocenters. The fourth-order valence-corrected chi connectivity index (χ4v) is 0. The van der Waals surface area contributed by atoms with Crippen molar-refractivity contribution in [3.8, 4) is 0 Å². The Morgan fingerprint density at radius 1 is 0.706 bits per heavy atom. The first-order valence-corrected chi connectivity index (χ1v) is 3.32. The van der Waals surface area contributed by atoms with E-state index in [1.165, 1.54) is 0 Å². The summed E-state index contributed by atoms with van der Waals surface area (Å²) in [6.07, 6.45) is 2.17. The number of aliphatic carboxylic acids is 3. The fraction of sp³-hybridized carbons (Fsp3) is 0. The second-order valence-electron chi connectivity index (χ2n) is 1.57. The second-order valence-corrected chi connectivity index (χ2v) is 1.57. The molecule has 0 aromatic heterocycles. The Balaban J connectivity index is -0.0000000400. The number of hydrogen-bond acceptors (Lipinski definition) is 6.